The molecular weight excluding hydrogens is 172 g/mol. The predicted octanol–water partition coefficient (Wildman–Crippen LogP) is 0.743. The smallest absolute Gasteiger partial charge is 0.0652 e. The van der Waals surface area contributed by atoms with Crippen molar-refractivity contribution in [2.45, 2.75) is 25.2 Å². The van der Waals surface area contributed by atoms with Crippen LogP contribution in [0.25, 0.3) is 0 Å². The van der Waals surface area contributed by atoms with Crippen LogP contribution in [0.5, 0.6) is 0 Å². The summed E-state index contributed by atoms with van der Waals surface area (Å²) in [5, 5.41) is 8.81. The molecule has 0 bridgehead atoms. The van der Waals surface area contributed by atoms with Gasteiger partial charge in [-0.3, -0.25) is 4.21 Å². The molecule has 0 saturated carbocycles. The molecule has 3 atom stereocenters. The largest absolute Gasteiger partial charge is 0.392 e. The molecule has 0 aliphatic heterocycles. The maximum atomic E-state index is 11.1. The third kappa shape index (κ3) is 3.54. The molecule has 4 heteroatoms. The van der Waals surface area contributed by atoms with E-state index in [1.54, 1.807) is 13.8 Å². The van der Waals surface area contributed by atoms with Gasteiger partial charge in [-0.1, -0.05) is 0 Å². The van der Waals surface area contributed by atoms with Crippen LogP contribution in [0.2, 0.25) is 0 Å². The Balaban J connectivity index is 3.71. The van der Waals surface area contributed by atoms with E-state index >= 15 is 0 Å². The Hall–Kier alpha value is 0.400. The first-order valence-corrected chi connectivity index (χ1v) is 5.12. The summed E-state index contributed by atoms with van der Waals surface area (Å²) in [6, 6.07) is 0. The van der Waals surface area contributed by atoms with E-state index in [1.165, 1.54) is 0 Å². The minimum Gasteiger partial charge on any atom is -0.392 e. The van der Waals surface area contributed by atoms with Crippen LogP contribution in [0.15, 0.2) is 0 Å². The number of alkyl halides is 1. The molecule has 0 aliphatic carbocycles. The van der Waals surface area contributed by atoms with Crippen molar-refractivity contribution in [3.8, 4) is 0 Å². The zero-order chi connectivity index (χ0) is 8.15. The number of hydrogen-bond acceptors (Lipinski definition) is 2. The first-order valence-electron chi connectivity index (χ1n) is 3.20. The van der Waals surface area contributed by atoms with Crippen molar-refractivity contribution in [3.05, 3.63) is 0 Å². The SMILES string of the molecule is C[C@H]([C@@H](C)O)S(=O)CCCl. The van der Waals surface area contributed by atoms with Gasteiger partial charge in [0.15, 0.2) is 0 Å². The van der Waals surface area contributed by atoms with E-state index in [0.29, 0.717) is 11.6 Å². The molecule has 0 saturated heterocycles. The number of aliphatic hydroxyl groups is 1. The van der Waals surface area contributed by atoms with Gasteiger partial charge < -0.3 is 5.11 Å². The molecule has 0 fully saturated rings. The van der Waals surface area contributed by atoms with E-state index in [1.807, 2.05) is 0 Å². The topological polar surface area (TPSA) is 37.3 Å². The summed E-state index contributed by atoms with van der Waals surface area (Å²) in [4.78, 5) is 0. The van der Waals surface area contributed by atoms with E-state index in [4.69, 9.17) is 16.7 Å². The molecule has 2 nitrogen and oxygen atoms in total. The molecule has 10 heavy (non-hydrogen) atoms. The number of aliphatic hydroxyl groups excluding tert-OH is 1. The Labute approximate surface area is 69.0 Å². The van der Waals surface area contributed by atoms with Gasteiger partial charge in [-0.25, -0.2) is 0 Å². The molecule has 0 aromatic carbocycles. The number of rotatable bonds is 4. The van der Waals surface area contributed by atoms with E-state index < -0.39 is 16.9 Å². The fourth-order valence-corrected chi connectivity index (χ4v) is 1.90. The zero-order valence-corrected chi connectivity index (χ0v) is 7.78. The summed E-state index contributed by atoms with van der Waals surface area (Å²) in [5.74, 6) is 0.858. The normalized spacial score (nSPS) is 20.0. The van der Waals surface area contributed by atoms with Gasteiger partial charge in [-0.15, -0.1) is 11.6 Å². The molecule has 0 aliphatic rings. The van der Waals surface area contributed by atoms with Gasteiger partial charge in [0.1, 0.15) is 0 Å². The van der Waals surface area contributed by atoms with Crippen LogP contribution in [0.1, 0.15) is 13.8 Å². The number of halogens is 1. The van der Waals surface area contributed by atoms with E-state index in [2.05, 4.69) is 0 Å². The molecule has 0 amide bonds. The average molecular weight is 185 g/mol. The van der Waals surface area contributed by atoms with Crippen LogP contribution in [0.4, 0.5) is 0 Å². The molecular formula is C6H13ClO2S. The van der Waals surface area contributed by atoms with Crippen molar-refractivity contribution < 1.29 is 9.32 Å². The molecule has 0 rings (SSSR count). The van der Waals surface area contributed by atoms with Crippen LogP contribution < -0.4 is 0 Å². The highest BCUT2D eigenvalue weighted by molar-refractivity contribution is 7.85. The zero-order valence-electron chi connectivity index (χ0n) is 6.21. The van der Waals surface area contributed by atoms with E-state index in [0.717, 1.165) is 0 Å². The summed E-state index contributed by atoms with van der Waals surface area (Å²) in [5.41, 5.74) is 0. The first-order chi connectivity index (χ1) is 4.59. The number of hydrogen-bond donors (Lipinski definition) is 1. The van der Waals surface area contributed by atoms with Crippen LogP contribution in [-0.4, -0.2) is 32.3 Å². The highest BCUT2D eigenvalue weighted by Gasteiger charge is 2.15. The fourth-order valence-electron chi connectivity index (χ4n) is 0.482. The average Bonchev–Trinajstić information content (AvgIpc) is 1.87. The summed E-state index contributed by atoms with van der Waals surface area (Å²) in [6.07, 6.45) is -0.510. The molecule has 0 spiro atoms. The van der Waals surface area contributed by atoms with Crippen LogP contribution in [0.3, 0.4) is 0 Å². The molecule has 0 aromatic heterocycles. The fraction of sp³-hybridized carbons (Fsp3) is 1.00. The maximum Gasteiger partial charge on any atom is 0.0652 e. The van der Waals surface area contributed by atoms with Crippen molar-refractivity contribution in [1.82, 2.24) is 0 Å². The van der Waals surface area contributed by atoms with Gasteiger partial charge in [-0.2, -0.15) is 0 Å². The van der Waals surface area contributed by atoms with Gasteiger partial charge in [0.05, 0.1) is 11.4 Å². The van der Waals surface area contributed by atoms with Crippen molar-refractivity contribution in [2.75, 3.05) is 11.6 Å². The second-order valence-corrected chi connectivity index (χ2v) is 4.51. The minimum absolute atomic E-state index is 0.168. The summed E-state index contributed by atoms with van der Waals surface area (Å²) >= 11 is 5.37. The Morgan fingerprint density at radius 2 is 2.10 bits per heavy atom. The lowest BCUT2D eigenvalue weighted by atomic mass is 10.3. The van der Waals surface area contributed by atoms with Gasteiger partial charge in [0, 0.05) is 22.4 Å². The Morgan fingerprint density at radius 1 is 1.60 bits per heavy atom. The van der Waals surface area contributed by atoms with Crippen molar-refractivity contribution in [2.24, 2.45) is 0 Å². The molecule has 0 aromatic rings. The maximum absolute atomic E-state index is 11.1. The lowest BCUT2D eigenvalue weighted by Crippen LogP contribution is -2.26. The van der Waals surface area contributed by atoms with Crippen LogP contribution >= 0.6 is 11.6 Å². The van der Waals surface area contributed by atoms with E-state index in [-0.39, 0.29) is 5.25 Å². The summed E-state index contributed by atoms with van der Waals surface area (Å²) in [7, 11) is -0.977. The lowest BCUT2D eigenvalue weighted by Gasteiger charge is -2.12. The second-order valence-electron chi connectivity index (χ2n) is 2.22. The third-order valence-electron chi connectivity index (χ3n) is 1.37. The van der Waals surface area contributed by atoms with E-state index in [9.17, 15) is 4.21 Å². The summed E-state index contributed by atoms with van der Waals surface area (Å²) in [6.45, 7) is 3.39. The molecule has 62 valence electrons. The Bertz CT molecular complexity index is 116. The highest BCUT2D eigenvalue weighted by atomic mass is 35.5. The minimum atomic E-state index is -0.977. The molecule has 1 unspecified atom stereocenters. The van der Waals surface area contributed by atoms with Crippen LogP contribution in [-0.2, 0) is 10.8 Å². The third-order valence-corrected chi connectivity index (χ3v) is 3.62. The monoisotopic (exact) mass is 184 g/mol. The molecule has 1 N–H and O–H groups in total. The standard InChI is InChI=1S/C6H13ClO2S/c1-5(8)6(2)10(9)4-3-7/h5-6,8H,3-4H2,1-2H3/t5-,6-,10?/m1/s1. The van der Waals surface area contributed by atoms with Gasteiger partial charge in [-0.05, 0) is 13.8 Å². The van der Waals surface area contributed by atoms with Crippen molar-refractivity contribution >= 4 is 22.4 Å². The Morgan fingerprint density at radius 3 is 2.40 bits per heavy atom. The van der Waals surface area contributed by atoms with Gasteiger partial charge in [0.2, 0.25) is 0 Å². The van der Waals surface area contributed by atoms with Crippen LogP contribution in [0, 0.1) is 0 Å². The highest BCUT2D eigenvalue weighted by Crippen LogP contribution is 2.01. The molecule has 0 radical (unpaired) electrons. The second kappa shape index (κ2) is 5.10. The lowest BCUT2D eigenvalue weighted by molar-refractivity contribution is 0.194. The Kier molecular flexibility index (Phi) is 5.31. The quantitative estimate of drug-likeness (QED) is 0.655. The van der Waals surface area contributed by atoms with Gasteiger partial charge in [0.25, 0.3) is 0 Å². The summed E-state index contributed by atoms with van der Waals surface area (Å²) < 4.78 is 11.1. The molecule has 0 heterocycles. The van der Waals surface area contributed by atoms with Gasteiger partial charge >= 0.3 is 0 Å². The van der Waals surface area contributed by atoms with Crippen molar-refractivity contribution in [1.29, 1.82) is 0 Å². The first kappa shape index (κ1) is 10.4. The predicted molar refractivity (Wildman–Crippen MR) is 44.9 cm³/mol. The van der Waals surface area contributed by atoms with Crippen molar-refractivity contribution in [3.63, 3.8) is 0 Å².